The molecule has 4 heterocycles. The summed E-state index contributed by atoms with van der Waals surface area (Å²) in [5, 5.41) is 40.5. The van der Waals surface area contributed by atoms with Crippen LogP contribution in [0, 0.1) is 0 Å². The van der Waals surface area contributed by atoms with Gasteiger partial charge in [0.25, 0.3) is 0 Å². The van der Waals surface area contributed by atoms with E-state index in [2.05, 4.69) is 37.8 Å². The van der Waals surface area contributed by atoms with Crippen LogP contribution in [0.1, 0.15) is 42.2 Å². The Bertz CT molecular complexity index is 2070. The van der Waals surface area contributed by atoms with Gasteiger partial charge in [-0.3, -0.25) is 9.36 Å². The van der Waals surface area contributed by atoms with Crippen LogP contribution in [0.15, 0.2) is 103 Å². The number of hydrogen-bond donors (Lipinski definition) is 6. The smallest absolute Gasteiger partial charge is 0.407 e. The highest BCUT2D eigenvalue weighted by Gasteiger charge is 2.44. The van der Waals surface area contributed by atoms with E-state index in [4.69, 9.17) is 14.2 Å². The minimum atomic E-state index is -1.26. The van der Waals surface area contributed by atoms with Crippen LogP contribution in [0.5, 0.6) is 0 Å². The number of nitrogens with one attached hydrogen (secondary N) is 3. The van der Waals surface area contributed by atoms with Crippen molar-refractivity contribution in [2.24, 2.45) is 0 Å². The number of aryl methyl sites for hydroxylation is 1. The maximum absolute atomic E-state index is 14.2. The molecule has 8 atom stereocenters. The first-order chi connectivity index (χ1) is 27.7. The zero-order valence-electron chi connectivity index (χ0n) is 31.5. The molecule has 57 heavy (non-hydrogen) atoms. The van der Waals surface area contributed by atoms with E-state index in [0.717, 1.165) is 16.7 Å². The minimum absolute atomic E-state index is 0.0653. The molecule has 16 heteroatoms. The number of alkyl carbamates (subject to hydrolysis) is 1. The Balaban J connectivity index is 1.01. The third-order valence-corrected chi connectivity index (χ3v) is 11.6. The summed E-state index contributed by atoms with van der Waals surface area (Å²) >= 11 is 1.48. The fourth-order valence-corrected chi connectivity index (χ4v) is 8.47. The fourth-order valence-electron chi connectivity index (χ4n) is 7.38. The molecule has 2 fully saturated rings. The number of aromatic nitrogens is 4. The van der Waals surface area contributed by atoms with E-state index >= 15 is 0 Å². The van der Waals surface area contributed by atoms with Crippen molar-refractivity contribution < 1.29 is 39.1 Å². The predicted octanol–water partition coefficient (Wildman–Crippen LogP) is 3.40. The third kappa shape index (κ3) is 9.12. The van der Waals surface area contributed by atoms with E-state index < -0.39 is 49.2 Å². The monoisotopic (exact) mass is 797 g/mol. The van der Waals surface area contributed by atoms with Gasteiger partial charge in [-0.1, -0.05) is 78.9 Å². The molecule has 7 rings (SSSR count). The molecular formula is C41H47N7O8S. The van der Waals surface area contributed by atoms with E-state index in [1.54, 1.807) is 4.57 Å². The number of para-hydroxylation sites is 1. The highest BCUT2D eigenvalue weighted by Crippen LogP contribution is 2.34. The van der Waals surface area contributed by atoms with Crippen molar-refractivity contribution in [2.75, 3.05) is 31.3 Å². The Morgan fingerprint density at radius 3 is 2.33 bits per heavy atom. The number of rotatable bonds is 14. The van der Waals surface area contributed by atoms with Gasteiger partial charge in [0.1, 0.15) is 41.2 Å². The summed E-state index contributed by atoms with van der Waals surface area (Å²) in [6, 6.07) is 25.9. The predicted molar refractivity (Wildman–Crippen MR) is 213 cm³/mol. The SMILES string of the molecule is COC(=O)N[C@H](C(=O)Nc1ccccc1CC[C@@H]1CN[C@H](C)[C@@H](CSc2ncnc3c2ncn3C2OC(CO)C(O)C2O)O1)C(c1ccccc1)c1ccccc1. The molecule has 2 amide bonds. The molecule has 2 saturated heterocycles. The number of aliphatic hydroxyl groups excluding tert-OH is 3. The molecule has 2 aliphatic rings. The van der Waals surface area contributed by atoms with Crippen molar-refractivity contribution in [1.29, 1.82) is 0 Å². The van der Waals surface area contributed by atoms with Crippen LogP contribution in [0.2, 0.25) is 0 Å². The normalized spacial score (nSPS) is 24.0. The van der Waals surface area contributed by atoms with Gasteiger partial charge in [-0.05, 0) is 42.5 Å². The van der Waals surface area contributed by atoms with Crippen LogP contribution in [-0.4, -0.2) is 115 Å². The number of morpholine rings is 1. The maximum Gasteiger partial charge on any atom is 0.407 e. The number of amides is 2. The lowest BCUT2D eigenvalue weighted by atomic mass is 9.84. The van der Waals surface area contributed by atoms with Gasteiger partial charge in [-0.25, -0.2) is 19.7 Å². The summed E-state index contributed by atoms with van der Waals surface area (Å²) in [5.41, 5.74) is 4.27. The minimum Gasteiger partial charge on any atom is -0.453 e. The first-order valence-corrected chi connectivity index (χ1v) is 19.9. The Hall–Kier alpha value is -4.94. The molecule has 0 spiro atoms. The largest absolute Gasteiger partial charge is 0.453 e. The summed E-state index contributed by atoms with van der Waals surface area (Å²) in [4.78, 5) is 40.2. The van der Waals surface area contributed by atoms with Crippen LogP contribution < -0.4 is 16.0 Å². The van der Waals surface area contributed by atoms with E-state index in [0.29, 0.717) is 47.0 Å². The number of anilines is 1. The molecule has 0 aliphatic carbocycles. The van der Waals surface area contributed by atoms with Crippen molar-refractivity contribution in [2.45, 2.75) is 79.5 Å². The molecule has 3 aromatic carbocycles. The lowest BCUT2D eigenvalue weighted by Gasteiger charge is -2.36. The van der Waals surface area contributed by atoms with Crippen molar-refractivity contribution in [3.8, 4) is 0 Å². The number of fused-ring (bicyclic) bond motifs is 1. The number of imidazole rings is 1. The van der Waals surface area contributed by atoms with E-state index in [-0.39, 0.29) is 24.2 Å². The lowest BCUT2D eigenvalue weighted by molar-refractivity contribution is -0.118. The summed E-state index contributed by atoms with van der Waals surface area (Å²) in [6.07, 6.45) is -1.15. The van der Waals surface area contributed by atoms with Gasteiger partial charge in [0.15, 0.2) is 11.9 Å². The van der Waals surface area contributed by atoms with Gasteiger partial charge < -0.3 is 45.5 Å². The molecule has 2 aromatic heterocycles. The second-order valence-corrected chi connectivity index (χ2v) is 15.1. The lowest BCUT2D eigenvalue weighted by Crippen LogP contribution is -2.52. The first-order valence-electron chi connectivity index (χ1n) is 18.9. The van der Waals surface area contributed by atoms with Crippen LogP contribution >= 0.6 is 11.8 Å². The van der Waals surface area contributed by atoms with Crippen LogP contribution in [0.3, 0.4) is 0 Å². The van der Waals surface area contributed by atoms with Crippen LogP contribution in [-0.2, 0) is 25.4 Å². The molecular weight excluding hydrogens is 751 g/mol. The summed E-state index contributed by atoms with van der Waals surface area (Å²) in [7, 11) is 1.27. The number of hydrogen-bond acceptors (Lipinski definition) is 13. The average molecular weight is 798 g/mol. The number of nitrogens with zero attached hydrogens (tertiary/aromatic N) is 4. The van der Waals surface area contributed by atoms with E-state index in [1.807, 2.05) is 84.9 Å². The zero-order valence-corrected chi connectivity index (χ0v) is 32.4. The second-order valence-electron chi connectivity index (χ2n) is 14.1. The van der Waals surface area contributed by atoms with Crippen molar-refractivity contribution >= 4 is 40.6 Å². The molecule has 2 aliphatic heterocycles. The van der Waals surface area contributed by atoms with Crippen molar-refractivity contribution in [1.82, 2.24) is 30.2 Å². The Morgan fingerprint density at radius 2 is 1.65 bits per heavy atom. The number of thioether (sulfide) groups is 1. The summed E-state index contributed by atoms with van der Waals surface area (Å²) < 4.78 is 18.8. The van der Waals surface area contributed by atoms with Crippen LogP contribution in [0.25, 0.3) is 11.2 Å². The number of ether oxygens (including phenoxy) is 3. The zero-order chi connectivity index (χ0) is 39.9. The molecule has 0 bridgehead atoms. The second kappa shape index (κ2) is 18.5. The van der Waals surface area contributed by atoms with Gasteiger partial charge in [-0.15, -0.1) is 11.8 Å². The number of benzene rings is 3. The maximum atomic E-state index is 14.2. The fraction of sp³-hybridized carbons (Fsp3) is 0.390. The highest BCUT2D eigenvalue weighted by molar-refractivity contribution is 7.99. The van der Waals surface area contributed by atoms with Gasteiger partial charge >= 0.3 is 6.09 Å². The molecule has 15 nitrogen and oxygen atoms in total. The highest BCUT2D eigenvalue weighted by atomic mass is 32.2. The quantitative estimate of drug-likeness (QED) is 0.0706. The molecule has 300 valence electrons. The van der Waals surface area contributed by atoms with Crippen LogP contribution in [0.4, 0.5) is 10.5 Å². The van der Waals surface area contributed by atoms with Gasteiger partial charge in [-0.2, -0.15) is 0 Å². The van der Waals surface area contributed by atoms with Gasteiger partial charge in [0.2, 0.25) is 5.91 Å². The third-order valence-electron chi connectivity index (χ3n) is 10.5. The van der Waals surface area contributed by atoms with E-state index in [9.17, 15) is 24.9 Å². The van der Waals surface area contributed by atoms with Gasteiger partial charge in [0, 0.05) is 29.9 Å². The summed E-state index contributed by atoms with van der Waals surface area (Å²) in [6.45, 7) is 2.30. The molecule has 6 N–H and O–H groups in total. The number of aliphatic hydroxyl groups is 3. The Morgan fingerprint density at radius 1 is 0.947 bits per heavy atom. The standard InChI is InChI=1S/C41H47N7O8S/c1-24-31(21-57-39-34-37(43-22-44-39)48(23-45-34)40-36(51)35(50)30(20-49)56-40)55-28(19-42-24)18-17-25-11-9-10-16-29(25)46-38(52)33(47-41(53)54-2)32(26-12-5-3-6-13-26)27-14-7-4-8-15-27/h3-16,22-24,28,30-33,35-36,40,42,49-51H,17-21H2,1-2H3,(H,46,52)(H,47,53)/t24-,28-,30?,31-,33+,35?,36?,40?/m1/s1. The molecule has 0 radical (unpaired) electrons. The molecule has 0 saturated carbocycles. The van der Waals surface area contributed by atoms with Crippen molar-refractivity contribution in [3.05, 3.63) is 114 Å². The molecule has 4 unspecified atom stereocenters. The van der Waals surface area contributed by atoms with Gasteiger partial charge in [0.05, 0.1) is 32.3 Å². The van der Waals surface area contributed by atoms with E-state index in [1.165, 1.54) is 31.5 Å². The number of carbonyl (C=O) groups is 2. The number of methoxy groups -OCH3 is 1. The summed E-state index contributed by atoms with van der Waals surface area (Å²) in [5.74, 6) is -0.299. The first kappa shape index (κ1) is 40.3. The average Bonchev–Trinajstić information content (AvgIpc) is 3.80. The molecule has 5 aromatic rings. The topological polar surface area (TPSA) is 202 Å². The van der Waals surface area contributed by atoms with Crippen molar-refractivity contribution in [3.63, 3.8) is 0 Å². The number of carbonyl (C=O) groups excluding carboxylic acids is 2. The Kier molecular flexibility index (Phi) is 13.1. The Labute approximate surface area is 334 Å².